The lowest BCUT2D eigenvalue weighted by atomic mass is 9.78. The average Bonchev–Trinajstić information content (AvgIpc) is 1.54. The van der Waals surface area contributed by atoms with E-state index in [2.05, 4.69) is 375 Å². The van der Waals surface area contributed by atoms with Gasteiger partial charge in [-0.05, 0) is 205 Å². The van der Waals surface area contributed by atoms with Crippen LogP contribution in [-0.2, 0) is 5.41 Å². The Morgan fingerprint density at radius 2 is 0.664 bits per heavy atom. The molecule has 0 bridgehead atoms. The van der Waals surface area contributed by atoms with Crippen LogP contribution in [0.4, 0.5) is 0 Å². The maximum Gasteiger partial charge on any atom is 0.165 e. The Labute approximate surface area is 749 Å². The molecule has 0 amide bonds. The molecular weight excluding hydrogens is 1610 g/mol. The maximum atomic E-state index is 5.66. The Hall–Kier alpha value is -15.5. The molecule has 600 valence electrons. The molecule has 17 aromatic carbocycles. The van der Waals surface area contributed by atoms with Gasteiger partial charge in [-0.2, -0.15) is 0 Å². The fourth-order valence-corrected chi connectivity index (χ4v) is 24.1. The van der Waals surface area contributed by atoms with E-state index in [0.717, 1.165) is 128 Å². The number of rotatable bonds is 13. The normalized spacial score (nSPS) is 12.9. The lowest BCUT2D eigenvalue weighted by Crippen LogP contribution is -2.20. The first kappa shape index (κ1) is 74.0. The minimum atomic E-state index is -0.415. The number of hydrogen-bond donors (Lipinski definition) is 0. The molecule has 128 heavy (non-hydrogen) atoms. The van der Waals surface area contributed by atoms with Crippen molar-refractivity contribution in [2.24, 2.45) is 0 Å². The second-order valence-electron chi connectivity index (χ2n) is 34.2. The lowest BCUT2D eigenvalue weighted by Gasteiger charge is -2.25. The number of nitrogens with zero attached hydrogens (tertiary/aromatic N) is 8. The van der Waals surface area contributed by atoms with E-state index in [0.29, 0.717) is 34.9 Å². The fourth-order valence-electron chi connectivity index (χ4n) is 20.4. The van der Waals surface area contributed by atoms with Gasteiger partial charge >= 0.3 is 0 Å². The number of aromatic nitrogens is 8. The van der Waals surface area contributed by atoms with Crippen LogP contribution in [0.2, 0.25) is 0 Å². The van der Waals surface area contributed by atoms with Crippen LogP contribution >= 0.6 is 34.0 Å². The van der Waals surface area contributed by atoms with Crippen molar-refractivity contribution in [3.63, 3.8) is 0 Å². The average molecular weight is 1690 g/mol. The van der Waals surface area contributed by atoms with Crippen molar-refractivity contribution in [2.45, 2.75) is 32.1 Å². The monoisotopic (exact) mass is 1690 g/mol. The molecule has 11 heteroatoms. The van der Waals surface area contributed by atoms with Gasteiger partial charge in [-0.1, -0.05) is 293 Å². The van der Waals surface area contributed by atoms with Gasteiger partial charge in [0.2, 0.25) is 0 Å². The van der Waals surface area contributed by atoms with E-state index in [1.54, 1.807) is 11.3 Å². The fraction of sp³-hybridized carbons (Fsp3) is 0.0427. The van der Waals surface area contributed by atoms with Crippen molar-refractivity contribution >= 4 is 140 Å². The summed E-state index contributed by atoms with van der Waals surface area (Å²) in [6.45, 7) is 4.82. The van der Waals surface area contributed by atoms with Crippen molar-refractivity contribution in [3.05, 3.63) is 397 Å². The highest BCUT2D eigenvalue weighted by Gasteiger charge is 2.39. The Morgan fingerprint density at radius 1 is 0.242 bits per heavy atom. The van der Waals surface area contributed by atoms with Gasteiger partial charge in [0.05, 0.1) is 22.1 Å². The molecule has 7 aromatic heterocycles. The zero-order valence-corrected chi connectivity index (χ0v) is 72.1. The first-order valence-electron chi connectivity index (χ1n) is 43.7. The van der Waals surface area contributed by atoms with Crippen molar-refractivity contribution in [3.8, 4) is 146 Å². The van der Waals surface area contributed by atoms with Gasteiger partial charge in [-0.3, -0.25) is 0 Å². The molecule has 0 saturated heterocycles. The number of fused-ring (bicyclic) bond motifs is 19. The summed E-state index contributed by atoms with van der Waals surface area (Å²) in [4.78, 5) is 32.3. The van der Waals surface area contributed by atoms with Crippen molar-refractivity contribution < 1.29 is 0 Å². The molecular formula is C117H74N8S3. The minimum absolute atomic E-state index is 0.415. The van der Waals surface area contributed by atoms with Crippen LogP contribution in [0, 0.1) is 0 Å². The Morgan fingerprint density at radius 3 is 1.27 bits per heavy atom. The van der Waals surface area contributed by atoms with Crippen molar-refractivity contribution in [2.75, 3.05) is 0 Å². The van der Waals surface area contributed by atoms with E-state index in [9.17, 15) is 0 Å². The number of benzene rings is 17. The van der Waals surface area contributed by atoms with E-state index in [4.69, 9.17) is 29.9 Å². The van der Waals surface area contributed by atoms with E-state index in [-0.39, 0.29) is 0 Å². The third-order valence-electron chi connectivity index (χ3n) is 26.4. The number of hydrogen-bond acceptors (Lipinski definition) is 9. The molecule has 0 atom stereocenters. The second kappa shape index (κ2) is 29.3. The van der Waals surface area contributed by atoms with Crippen LogP contribution in [0.5, 0.6) is 0 Å². The first-order chi connectivity index (χ1) is 63.2. The van der Waals surface area contributed by atoms with Gasteiger partial charge in [0.15, 0.2) is 34.9 Å². The van der Waals surface area contributed by atoms with Gasteiger partial charge in [0, 0.05) is 127 Å². The number of para-hydroxylation sites is 2. The summed E-state index contributed by atoms with van der Waals surface area (Å²) in [7, 11) is 0. The van der Waals surface area contributed by atoms with Crippen molar-refractivity contribution in [1.29, 1.82) is 0 Å². The molecule has 0 fully saturated rings. The highest BCUT2D eigenvalue weighted by molar-refractivity contribution is 7.27. The minimum Gasteiger partial charge on any atom is -0.309 e. The van der Waals surface area contributed by atoms with Crippen LogP contribution in [0.3, 0.4) is 0 Å². The first-order valence-corrected chi connectivity index (χ1v) is 46.1. The topological polar surface area (TPSA) is 87.2 Å². The molecule has 2 aliphatic rings. The number of thiophene rings is 3. The molecule has 0 saturated carbocycles. The third kappa shape index (κ3) is 12.0. The Kier molecular flexibility index (Phi) is 16.9. The molecule has 0 radical (unpaired) electrons. The summed E-state index contributed by atoms with van der Waals surface area (Å²) in [6.07, 6.45) is 6.83. The van der Waals surface area contributed by atoms with Crippen LogP contribution in [0.1, 0.15) is 37.8 Å². The van der Waals surface area contributed by atoms with Crippen LogP contribution < -0.4 is 9.75 Å². The molecule has 0 aliphatic heterocycles. The molecule has 2 aliphatic carbocycles. The van der Waals surface area contributed by atoms with Gasteiger partial charge in [0.1, 0.15) is 0 Å². The Balaban J connectivity index is 0.570. The Bertz CT molecular complexity index is 8850. The predicted octanol–water partition coefficient (Wildman–Crippen LogP) is 30.2. The summed E-state index contributed by atoms with van der Waals surface area (Å²) in [5.41, 5.74) is 28.4. The smallest absolute Gasteiger partial charge is 0.165 e. The van der Waals surface area contributed by atoms with E-state index < -0.39 is 5.41 Å². The molecule has 26 rings (SSSR count). The quantitative estimate of drug-likeness (QED) is 0.114. The van der Waals surface area contributed by atoms with Gasteiger partial charge in [-0.15, -0.1) is 34.0 Å². The predicted molar refractivity (Wildman–Crippen MR) is 538 cm³/mol. The molecule has 0 spiro atoms. The maximum absolute atomic E-state index is 5.66. The van der Waals surface area contributed by atoms with E-state index >= 15 is 0 Å². The largest absolute Gasteiger partial charge is 0.309 e. The summed E-state index contributed by atoms with van der Waals surface area (Å²) < 4.78 is 12.4. The van der Waals surface area contributed by atoms with Crippen molar-refractivity contribution in [1.82, 2.24) is 39.0 Å². The highest BCUT2D eigenvalue weighted by atomic mass is 32.1. The zero-order valence-electron chi connectivity index (χ0n) is 69.7. The SMILES string of the molecule is CC1(C)c2cc3c(cc2-c2cccc(-c4cccc(-c5nc(-c6ccccc6)nc(-c6cc(-c7cccc(-c8ccc9c%10c%11sc%12ccccc%12c%11ccc%10n(-c%10ccccc%10)c9c8)c7)cc7c8c(sc67)=CCCC=8)n5)c4)c21)c1ccc(-c2cccc(-c4cc(-c5nc(-c6ccccc6)nc(-c6ccccc6)n5)c5sc6ccccc6c5c4)c2)cc1n3-c1ccccc1. The van der Waals surface area contributed by atoms with Crippen LogP contribution in [-0.4, -0.2) is 39.0 Å². The van der Waals surface area contributed by atoms with Crippen LogP contribution in [0.25, 0.3) is 253 Å². The van der Waals surface area contributed by atoms with Crippen LogP contribution in [0.15, 0.2) is 376 Å². The standard InChI is InChI=1S/C117H74N8S3/c1-117(2)98-68-102-93(85-54-52-76(65-100(85)125(102)83-42-16-7-17-43-83)72-34-24-36-74(58-72)80-61-94-87-45-19-22-50-104(87)126-108(94)96(63-80)115-120-111(69-28-8-3-9-29-69)118-112(121-115)70-30-10-4-11-31-70)67-92(98)89-48-27-47-84(107(89)117)78-38-26-39-79(60-78)114-119-113(71-32-12-5-13-33-71)122-116(123-114)97-64-81(62-95-88-46-20-23-51-105(88)127-109(95)97)75-37-25-35-73(59-75)77-53-55-91-101(66-77)124(82-40-14-6-15-41-82)99-57-56-90-86-44-18-21-49-103(86)128-110(90)106(91)99/h3-19,21-22,24-68H,20,23H2,1-2H3. The van der Waals surface area contributed by atoms with Gasteiger partial charge < -0.3 is 9.13 Å². The molecule has 0 unspecified atom stereocenters. The second-order valence-corrected chi connectivity index (χ2v) is 37.4. The summed E-state index contributed by atoms with van der Waals surface area (Å²) >= 11 is 5.52. The zero-order chi connectivity index (χ0) is 84.4. The molecule has 0 N–H and O–H groups in total. The summed E-state index contributed by atoms with van der Waals surface area (Å²) in [5.74, 6) is 3.77. The lowest BCUT2D eigenvalue weighted by molar-refractivity contribution is 0.662. The molecule has 8 nitrogen and oxygen atoms in total. The highest BCUT2D eigenvalue weighted by Crippen LogP contribution is 2.56. The van der Waals surface area contributed by atoms with Gasteiger partial charge in [0.25, 0.3) is 0 Å². The van der Waals surface area contributed by atoms with Gasteiger partial charge in [-0.25, -0.2) is 29.9 Å². The summed E-state index contributed by atoms with van der Waals surface area (Å²) in [6, 6.07) is 137. The van der Waals surface area contributed by atoms with E-state index in [1.165, 1.54) is 111 Å². The molecule has 7 heterocycles. The molecule has 24 aromatic rings. The van der Waals surface area contributed by atoms with E-state index in [1.807, 2.05) is 59.1 Å². The summed E-state index contributed by atoms with van der Waals surface area (Å²) in [5, 5.41) is 12.4. The third-order valence-corrected chi connectivity index (χ3v) is 30.1.